The van der Waals surface area contributed by atoms with Crippen LogP contribution in [0.4, 0.5) is 0 Å². The van der Waals surface area contributed by atoms with Crippen LogP contribution in [0.5, 0.6) is 0 Å². The third-order valence-corrected chi connectivity index (χ3v) is 8.37. The molecule has 0 unspecified atom stereocenters. The molecule has 50 heavy (non-hydrogen) atoms. The minimum Gasteiger partial charge on any atom is -0.369 e. The van der Waals surface area contributed by atoms with Gasteiger partial charge < -0.3 is 24.3 Å². The van der Waals surface area contributed by atoms with Gasteiger partial charge in [0.15, 0.2) is 5.78 Å². The minimum absolute atomic E-state index is 0.144. The van der Waals surface area contributed by atoms with E-state index < -0.39 is 18.3 Å². The lowest BCUT2D eigenvalue weighted by Crippen LogP contribution is -2.55. The molecule has 0 saturated carbocycles. The number of carbonyl (C=O) groups excluding carboxylic acids is 1. The number of carbonyl (C=O) groups is 1. The third-order valence-electron chi connectivity index (χ3n) is 8.37. The molecule has 6 heteroatoms. The van der Waals surface area contributed by atoms with Crippen LogP contribution in [0.25, 0.3) is 0 Å². The van der Waals surface area contributed by atoms with Gasteiger partial charge in [0, 0.05) is 12.6 Å². The molecule has 0 aliphatic carbocycles. The smallest absolute Gasteiger partial charge is 0.189 e. The predicted molar refractivity (Wildman–Crippen MR) is 198 cm³/mol. The van der Waals surface area contributed by atoms with E-state index in [1.165, 1.54) is 0 Å². The van der Waals surface area contributed by atoms with Crippen molar-refractivity contribution in [3.63, 3.8) is 0 Å². The van der Waals surface area contributed by atoms with Gasteiger partial charge in [-0.15, -0.1) is 6.58 Å². The van der Waals surface area contributed by atoms with E-state index in [1.807, 2.05) is 146 Å². The Bertz CT molecular complexity index is 1650. The second-order valence-corrected chi connectivity index (χ2v) is 12.2. The van der Waals surface area contributed by atoms with Gasteiger partial charge >= 0.3 is 0 Å². The molecular weight excluding hydrogens is 622 g/mol. The van der Waals surface area contributed by atoms with Crippen LogP contribution in [-0.4, -0.2) is 36.7 Å². The van der Waals surface area contributed by atoms with Gasteiger partial charge in [-0.25, -0.2) is 0 Å². The molecule has 0 radical (unpaired) electrons. The van der Waals surface area contributed by atoms with Crippen LogP contribution in [0.15, 0.2) is 164 Å². The van der Waals surface area contributed by atoms with Crippen LogP contribution in [0.2, 0.25) is 0 Å². The van der Waals surface area contributed by atoms with Crippen molar-refractivity contribution in [1.82, 2.24) is 5.32 Å². The quantitative estimate of drug-likeness (QED) is 0.0749. The number of rotatable bonds is 22. The molecule has 6 nitrogen and oxygen atoms in total. The SMILES string of the molecule is C=CC[C@@H](NCc1ccccc1)[C@H](OCc1ccccc1)[C@@H](OCc1ccccc1)[C@H](OCc1ccccc1)C(=O)COCc1ccccc1. The highest BCUT2D eigenvalue weighted by Gasteiger charge is 2.40. The number of ketones is 1. The van der Waals surface area contributed by atoms with Gasteiger partial charge in [0.25, 0.3) is 0 Å². The maximum absolute atomic E-state index is 14.3. The second-order valence-electron chi connectivity index (χ2n) is 12.2. The van der Waals surface area contributed by atoms with Crippen LogP contribution in [0.1, 0.15) is 34.2 Å². The van der Waals surface area contributed by atoms with E-state index in [9.17, 15) is 4.79 Å². The summed E-state index contributed by atoms with van der Waals surface area (Å²) in [5, 5.41) is 3.71. The van der Waals surface area contributed by atoms with Crippen molar-refractivity contribution in [2.45, 2.75) is 63.7 Å². The Morgan fingerprint density at radius 2 is 0.940 bits per heavy atom. The van der Waals surface area contributed by atoms with Crippen LogP contribution >= 0.6 is 0 Å². The van der Waals surface area contributed by atoms with Gasteiger partial charge in [-0.1, -0.05) is 158 Å². The number of hydrogen-bond donors (Lipinski definition) is 1. The Kier molecular flexibility index (Phi) is 15.2. The Balaban J connectivity index is 1.48. The summed E-state index contributed by atoms with van der Waals surface area (Å²) in [6.07, 6.45) is 0.0339. The van der Waals surface area contributed by atoms with Gasteiger partial charge in [0.05, 0.1) is 26.4 Å². The van der Waals surface area contributed by atoms with Crippen molar-refractivity contribution in [3.05, 3.63) is 192 Å². The highest BCUT2D eigenvalue weighted by atomic mass is 16.6. The average Bonchev–Trinajstić information content (AvgIpc) is 3.17. The maximum atomic E-state index is 14.3. The van der Waals surface area contributed by atoms with Crippen molar-refractivity contribution in [2.75, 3.05) is 6.61 Å². The van der Waals surface area contributed by atoms with Crippen molar-refractivity contribution in [2.24, 2.45) is 0 Å². The summed E-state index contributed by atoms with van der Waals surface area (Å²) in [7, 11) is 0. The minimum atomic E-state index is -0.999. The molecule has 5 aromatic rings. The lowest BCUT2D eigenvalue weighted by atomic mass is 9.95. The summed E-state index contributed by atoms with van der Waals surface area (Å²) < 4.78 is 26.2. The Hall–Kier alpha value is -4.69. The number of Topliss-reactive ketones (excluding diaryl/α,β-unsaturated/α-hetero) is 1. The fourth-order valence-electron chi connectivity index (χ4n) is 5.74. The van der Waals surface area contributed by atoms with E-state index in [4.69, 9.17) is 18.9 Å². The van der Waals surface area contributed by atoms with Crippen molar-refractivity contribution in [1.29, 1.82) is 0 Å². The van der Waals surface area contributed by atoms with Gasteiger partial charge in [-0.2, -0.15) is 0 Å². The molecule has 1 N–H and O–H groups in total. The Morgan fingerprint density at radius 3 is 1.40 bits per heavy atom. The second kappa shape index (κ2) is 20.7. The zero-order valence-electron chi connectivity index (χ0n) is 28.5. The lowest BCUT2D eigenvalue weighted by Gasteiger charge is -2.37. The zero-order valence-corrected chi connectivity index (χ0v) is 28.5. The molecule has 0 aliphatic rings. The zero-order chi connectivity index (χ0) is 34.6. The molecule has 0 bridgehead atoms. The molecule has 0 spiro atoms. The molecule has 0 fully saturated rings. The van der Waals surface area contributed by atoms with Crippen LogP contribution in [0, 0.1) is 0 Å². The molecule has 0 saturated heterocycles. The molecule has 5 rings (SSSR count). The van der Waals surface area contributed by atoms with Crippen molar-refractivity contribution in [3.8, 4) is 0 Å². The Morgan fingerprint density at radius 1 is 0.540 bits per heavy atom. The number of hydrogen-bond acceptors (Lipinski definition) is 6. The van der Waals surface area contributed by atoms with E-state index in [0.717, 1.165) is 27.8 Å². The summed E-state index contributed by atoms with van der Waals surface area (Å²) in [4.78, 5) is 14.3. The van der Waals surface area contributed by atoms with E-state index in [0.29, 0.717) is 26.2 Å². The number of ether oxygens (including phenoxy) is 4. The summed E-state index contributed by atoms with van der Waals surface area (Å²) in [6.45, 7) is 5.64. The topological polar surface area (TPSA) is 66.0 Å². The highest BCUT2D eigenvalue weighted by Crippen LogP contribution is 2.24. The van der Waals surface area contributed by atoms with Gasteiger partial charge in [-0.3, -0.25) is 4.79 Å². The Labute approximate surface area is 296 Å². The summed E-state index contributed by atoms with van der Waals surface area (Å²) in [5.41, 5.74) is 5.06. The normalized spacial score (nSPS) is 13.6. The monoisotopic (exact) mass is 669 g/mol. The highest BCUT2D eigenvalue weighted by molar-refractivity contribution is 5.85. The fourth-order valence-corrected chi connectivity index (χ4v) is 5.74. The fraction of sp³-hybridized carbons (Fsp3) is 0.250. The first-order valence-electron chi connectivity index (χ1n) is 17.2. The first-order valence-corrected chi connectivity index (χ1v) is 17.2. The number of benzene rings is 5. The largest absolute Gasteiger partial charge is 0.369 e. The van der Waals surface area contributed by atoms with Crippen molar-refractivity contribution >= 4 is 5.78 Å². The molecule has 0 heterocycles. The maximum Gasteiger partial charge on any atom is 0.189 e. The predicted octanol–water partition coefficient (Wildman–Crippen LogP) is 8.26. The van der Waals surface area contributed by atoms with Gasteiger partial charge in [-0.05, 0) is 34.2 Å². The number of nitrogens with one attached hydrogen (secondary N) is 1. The van der Waals surface area contributed by atoms with E-state index >= 15 is 0 Å². The average molecular weight is 670 g/mol. The summed E-state index contributed by atoms with van der Waals surface area (Å²) in [5.74, 6) is -0.219. The molecule has 0 amide bonds. The standard InChI is InChI=1S/C44H47NO5/c1-2-18-40(45-29-35-19-8-3-9-20-35)42(48-31-37-23-12-5-13-24-37)44(50-33-39-27-16-7-17-28-39)43(49-32-38-25-14-6-15-26-38)41(46)34-47-30-36-21-10-4-11-22-36/h2-17,19-28,40,42-45H,1,18,29-34H2/t40-,42+,43-,44-/m1/s1. The van der Waals surface area contributed by atoms with E-state index in [1.54, 1.807) is 0 Å². The molecule has 0 aromatic heterocycles. The first-order chi connectivity index (χ1) is 24.7. The van der Waals surface area contributed by atoms with Crippen LogP contribution in [0.3, 0.4) is 0 Å². The van der Waals surface area contributed by atoms with Crippen molar-refractivity contribution < 1.29 is 23.7 Å². The van der Waals surface area contributed by atoms with Gasteiger partial charge in [0.2, 0.25) is 0 Å². The molecule has 258 valence electrons. The summed E-state index contributed by atoms with van der Waals surface area (Å²) in [6, 6.07) is 49.6. The molecule has 5 aromatic carbocycles. The first kappa shape index (κ1) is 36.6. The van der Waals surface area contributed by atoms with E-state index in [2.05, 4.69) is 24.0 Å². The van der Waals surface area contributed by atoms with Gasteiger partial charge in [0.1, 0.15) is 24.9 Å². The summed E-state index contributed by atoms with van der Waals surface area (Å²) >= 11 is 0. The molecular formula is C44H47NO5. The van der Waals surface area contributed by atoms with E-state index in [-0.39, 0.29) is 31.6 Å². The molecule has 0 aliphatic heterocycles. The molecule has 4 atom stereocenters. The van der Waals surface area contributed by atoms with Crippen LogP contribution < -0.4 is 5.32 Å². The lowest BCUT2D eigenvalue weighted by molar-refractivity contribution is -0.174. The van der Waals surface area contributed by atoms with Crippen LogP contribution in [-0.2, 0) is 56.7 Å². The third kappa shape index (κ3) is 12.0.